The molecule has 0 aliphatic heterocycles. The van der Waals surface area contributed by atoms with Gasteiger partial charge in [-0.1, -0.05) is 42.3 Å². The van der Waals surface area contributed by atoms with Crippen molar-refractivity contribution in [2.24, 2.45) is 0 Å². The van der Waals surface area contributed by atoms with E-state index < -0.39 is 35.7 Å². The van der Waals surface area contributed by atoms with Crippen molar-refractivity contribution in [1.29, 1.82) is 0 Å². The van der Waals surface area contributed by atoms with Crippen LogP contribution < -0.4 is 5.32 Å². The van der Waals surface area contributed by atoms with Crippen LogP contribution >= 0.6 is 23.2 Å². The van der Waals surface area contributed by atoms with Gasteiger partial charge < -0.3 is 10.2 Å². The Hall–Kier alpha value is -2.25. The van der Waals surface area contributed by atoms with Crippen molar-refractivity contribution in [2.75, 3.05) is 18.4 Å². The maximum atomic E-state index is 13.2. The number of nitrogens with zero attached hydrogens (tertiary/aromatic N) is 1. The highest BCUT2D eigenvalue weighted by Gasteiger charge is 2.36. The summed E-state index contributed by atoms with van der Waals surface area (Å²) in [6, 6.07) is 8.95. The summed E-state index contributed by atoms with van der Waals surface area (Å²) >= 11 is 11.8. The number of carbonyl (C=O) groups excluding carboxylic acids is 2. The van der Waals surface area contributed by atoms with E-state index in [9.17, 15) is 22.8 Å². The molecule has 0 aliphatic carbocycles. The predicted octanol–water partition coefficient (Wildman–Crippen LogP) is 5.50. The summed E-state index contributed by atoms with van der Waals surface area (Å²) in [6.45, 7) is 1.45. The molecule has 0 aliphatic rings. The van der Waals surface area contributed by atoms with E-state index in [2.05, 4.69) is 5.32 Å². The average Bonchev–Trinajstić information content (AvgIpc) is 2.62. The Balaban J connectivity index is 2.21. The smallest absolute Gasteiger partial charge is 0.329 e. The molecule has 0 heterocycles. The van der Waals surface area contributed by atoms with Gasteiger partial charge >= 0.3 is 6.18 Å². The van der Waals surface area contributed by atoms with Crippen LogP contribution in [0.15, 0.2) is 42.5 Å². The fourth-order valence-electron chi connectivity index (χ4n) is 2.56. The second-order valence-corrected chi connectivity index (χ2v) is 6.79. The number of amides is 2. The first-order valence-electron chi connectivity index (χ1n) is 8.34. The highest BCUT2D eigenvalue weighted by molar-refractivity contribution is 6.36. The number of alkyl halides is 3. The third kappa shape index (κ3) is 5.62. The van der Waals surface area contributed by atoms with Crippen LogP contribution in [0.1, 0.15) is 29.3 Å². The molecule has 0 fully saturated rings. The van der Waals surface area contributed by atoms with Gasteiger partial charge in [0.1, 0.15) is 6.54 Å². The maximum absolute atomic E-state index is 13.2. The minimum Gasteiger partial charge on any atom is -0.329 e. The van der Waals surface area contributed by atoms with Crippen molar-refractivity contribution in [3.8, 4) is 0 Å². The third-order valence-electron chi connectivity index (χ3n) is 3.78. The van der Waals surface area contributed by atoms with Crippen LogP contribution in [0.25, 0.3) is 0 Å². The molecule has 0 bridgehead atoms. The van der Waals surface area contributed by atoms with E-state index >= 15 is 0 Å². The van der Waals surface area contributed by atoms with Crippen LogP contribution in [0, 0.1) is 0 Å². The van der Waals surface area contributed by atoms with Crippen molar-refractivity contribution >= 4 is 40.7 Å². The first-order chi connectivity index (χ1) is 13.1. The van der Waals surface area contributed by atoms with E-state index in [1.807, 2.05) is 0 Å². The number of hydrogen-bond acceptors (Lipinski definition) is 2. The Morgan fingerprint density at radius 3 is 2.39 bits per heavy atom. The molecule has 0 spiro atoms. The topological polar surface area (TPSA) is 49.4 Å². The summed E-state index contributed by atoms with van der Waals surface area (Å²) < 4.78 is 39.6. The first kappa shape index (κ1) is 22.0. The van der Waals surface area contributed by atoms with E-state index in [-0.39, 0.29) is 17.3 Å². The van der Waals surface area contributed by atoms with E-state index in [1.54, 1.807) is 6.92 Å². The van der Waals surface area contributed by atoms with Gasteiger partial charge in [0.25, 0.3) is 5.91 Å². The molecular weight excluding hydrogens is 416 g/mol. The zero-order chi connectivity index (χ0) is 20.9. The number of benzene rings is 2. The largest absolute Gasteiger partial charge is 0.417 e. The molecular formula is C19H17Cl2F3N2O2. The van der Waals surface area contributed by atoms with Gasteiger partial charge in [-0.05, 0) is 36.8 Å². The molecule has 2 rings (SSSR count). The molecule has 0 atom stereocenters. The van der Waals surface area contributed by atoms with E-state index in [0.29, 0.717) is 11.4 Å². The Bertz CT molecular complexity index is 872. The molecule has 28 heavy (non-hydrogen) atoms. The van der Waals surface area contributed by atoms with Crippen molar-refractivity contribution in [3.63, 3.8) is 0 Å². The van der Waals surface area contributed by atoms with Crippen LogP contribution in [-0.4, -0.2) is 29.8 Å². The molecule has 150 valence electrons. The van der Waals surface area contributed by atoms with Crippen molar-refractivity contribution in [3.05, 3.63) is 63.6 Å². The molecule has 2 aromatic carbocycles. The molecule has 0 unspecified atom stereocenters. The zero-order valence-corrected chi connectivity index (χ0v) is 16.3. The van der Waals surface area contributed by atoms with Crippen molar-refractivity contribution in [2.45, 2.75) is 19.5 Å². The number of anilines is 1. The van der Waals surface area contributed by atoms with Crippen molar-refractivity contribution in [1.82, 2.24) is 4.90 Å². The lowest BCUT2D eigenvalue weighted by molar-refractivity contribution is -0.138. The monoisotopic (exact) mass is 432 g/mol. The highest BCUT2D eigenvalue weighted by Crippen LogP contribution is 2.32. The number of hydrogen-bond donors (Lipinski definition) is 1. The molecule has 4 nitrogen and oxygen atoms in total. The number of carbonyl (C=O) groups is 2. The fourth-order valence-corrected chi connectivity index (χ4v) is 3.02. The molecule has 2 aromatic rings. The number of halogens is 5. The van der Waals surface area contributed by atoms with E-state index in [4.69, 9.17) is 23.2 Å². The van der Waals surface area contributed by atoms with Gasteiger partial charge in [0.15, 0.2) is 0 Å². The third-order valence-corrected chi connectivity index (χ3v) is 4.33. The van der Waals surface area contributed by atoms with Crippen LogP contribution in [0.2, 0.25) is 10.0 Å². The molecule has 0 aromatic heterocycles. The van der Waals surface area contributed by atoms with Gasteiger partial charge in [0, 0.05) is 11.6 Å². The van der Waals surface area contributed by atoms with Crippen LogP contribution in [0.4, 0.5) is 18.9 Å². The Labute approximate surface area is 170 Å². The van der Waals surface area contributed by atoms with Gasteiger partial charge in [0.05, 0.1) is 21.8 Å². The average molecular weight is 433 g/mol. The highest BCUT2D eigenvalue weighted by atomic mass is 35.5. The summed E-state index contributed by atoms with van der Waals surface area (Å²) in [5.41, 5.74) is -1.25. The zero-order valence-electron chi connectivity index (χ0n) is 14.8. The molecule has 0 saturated carbocycles. The number of nitrogens with one attached hydrogen (secondary N) is 1. The Kier molecular flexibility index (Phi) is 7.32. The SMILES string of the molecule is CCCN(CC(=O)Nc1ccc(Cl)cc1Cl)C(=O)c1ccccc1C(F)(F)F. The molecule has 2 amide bonds. The lowest BCUT2D eigenvalue weighted by Crippen LogP contribution is -2.39. The Morgan fingerprint density at radius 2 is 1.79 bits per heavy atom. The summed E-state index contributed by atoms with van der Waals surface area (Å²) in [5.74, 6) is -1.46. The van der Waals surface area contributed by atoms with E-state index in [1.165, 1.54) is 30.3 Å². The van der Waals surface area contributed by atoms with Gasteiger partial charge in [-0.15, -0.1) is 0 Å². The van der Waals surface area contributed by atoms with Crippen LogP contribution in [0.5, 0.6) is 0 Å². The fraction of sp³-hybridized carbons (Fsp3) is 0.263. The normalized spacial score (nSPS) is 11.2. The summed E-state index contributed by atoms with van der Waals surface area (Å²) in [5, 5.41) is 3.12. The molecule has 9 heteroatoms. The summed E-state index contributed by atoms with van der Waals surface area (Å²) in [6.07, 6.45) is -4.21. The van der Waals surface area contributed by atoms with Gasteiger partial charge in [-0.25, -0.2) is 0 Å². The van der Waals surface area contributed by atoms with Crippen LogP contribution in [0.3, 0.4) is 0 Å². The lowest BCUT2D eigenvalue weighted by Gasteiger charge is -2.23. The molecule has 0 saturated heterocycles. The first-order valence-corrected chi connectivity index (χ1v) is 9.09. The van der Waals surface area contributed by atoms with Gasteiger partial charge in [-0.2, -0.15) is 13.2 Å². The number of rotatable bonds is 6. The molecule has 0 radical (unpaired) electrons. The summed E-state index contributed by atoms with van der Waals surface area (Å²) in [7, 11) is 0. The van der Waals surface area contributed by atoms with E-state index in [0.717, 1.165) is 17.0 Å². The minimum absolute atomic E-state index is 0.118. The minimum atomic E-state index is -4.68. The summed E-state index contributed by atoms with van der Waals surface area (Å²) in [4.78, 5) is 26.1. The molecule has 1 N–H and O–H groups in total. The van der Waals surface area contributed by atoms with Crippen LogP contribution in [-0.2, 0) is 11.0 Å². The van der Waals surface area contributed by atoms with Gasteiger partial charge in [0.2, 0.25) is 5.91 Å². The standard InChI is InChI=1S/C19H17Cl2F3N2O2/c1-2-9-26(11-17(27)25-16-8-7-12(20)10-15(16)21)18(28)13-5-3-4-6-14(13)19(22,23)24/h3-8,10H,2,9,11H2,1H3,(H,25,27). The second kappa shape index (κ2) is 9.30. The second-order valence-electron chi connectivity index (χ2n) is 5.94. The Morgan fingerprint density at radius 1 is 1.11 bits per heavy atom. The van der Waals surface area contributed by atoms with Gasteiger partial charge in [-0.3, -0.25) is 9.59 Å². The quantitative estimate of drug-likeness (QED) is 0.654. The lowest BCUT2D eigenvalue weighted by atomic mass is 10.1. The maximum Gasteiger partial charge on any atom is 0.417 e. The van der Waals surface area contributed by atoms with Crippen molar-refractivity contribution < 1.29 is 22.8 Å². The predicted molar refractivity (Wildman–Crippen MR) is 103 cm³/mol.